The molecule has 1 saturated carbocycles. The smallest absolute Gasteiger partial charge is 0.332 e. The first-order chi connectivity index (χ1) is 17.4. The van der Waals surface area contributed by atoms with Crippen molar-refractivity contribution in [1.82, 2.24) is 24.6 Å². The van der Waals surface area contributed by atoms with Crippen molar-refractivity contribution in [3.63, 3.8) is 0 Å². The van der Waals surface area contributed by atoms with Gasteiger partial charge < -0.3 is 29.0 Å². The average Bonchev–Trinajstić information content (AvgIpc) is 3.47. The van der Waals surface area contributed by atoms with Gasteiger partial charge in [0.1, 0.15) is 29.8 Å². The van der Waals surface area contributed by atoms with Gasteiger partial charge in [-0.3, -0.25) is 9.36 Å². The molecular formula is C23H37N6O7P. The van der Waals surface area contributed by atoms with E-state index in [1.54, 1.807) is 45.5 Å². The maximum Gasteiger partial charge on any atom is 0.332 e. The monoisotopic (exact) mass is 540 g/mol. The van der Waals surface area contributed by atoms with Crippen LogP contribution in [-0.2, 0) is 39.4 Å². The topological polar surface area (TPSA) is 170 Å². The van der Waals surface area contributed by atoms with Gasteiger partial charge >= 0.3 is 11.9 Å². The van der Waals surface area contributed by atoms with E-state index in [9.17, 15) is 14.2 Å². The van der Waals surface area contributed by atoms with Crippen LogP contribution < -0.4 is 10.8 Å². The number of nitrogens with one attached hydrogen (secondary N) is 1. The lowest BCUT2D eigenvalue weighted by Gasteiger charge is -2.31. The molecule has 206 valence electrons. The molecule has 0 spiro atoms. The fourth-order valence-electron chi connectivity index (χ4n) is 3.92. The molecule has 0 aromatic carbocycles. The summed E-state index contributed by atoms with van der Waals surface area (Å²) in [6.07, 6.45) is 5.12. The Balaban J connectivity index is 1.67. The highest BCUT2D eigenvalue weighted by Crippen LogP contribution is 2.45. The number of fused-ring (bicyclic) bond motifs is 1. The van der Waals surface area contributed by atoms with E-state index < -0.39 is 44.1 Å². The molecule has 1 aliphatic rings. The Kier molecular flexibility index (Phi) is 9.63. The molecule has 1 unspecified atom stereocenters. The van der Waals surface area contributed by atoms with Gasteiger partial charge in [0.15, 0.2) is 18.1 Å². The Labute approximate surface area is 216 Å². The number of nitrogens with zero attached hydrogens (tertiary/aromatic N) is 4. The molecule has 2 aromatic rings. The maximum atomic E-state index is 13.8. The second kappa shape index (κ2) is 12.3. The fourth-order valence-corrected chi connectivity index (χ4v) is 5.83. The summed E-state index contributed by atoms with van der Waals surface area (Å²) in [7, 11) is -3.88. The first-order valence-corrected chi connectivity index (χ1v) is 14.2. The normalized spacial score (nSPS) is 17.1. The molecule has 3 rings (SSSR count). The number of hydrogen-bond acceptors (Lipinski definition) is 11. The summed E-state index contributed by atoms with van der Waals surface area (Å²) < 4.78 is 37.6. The van der Waals surface area contributed by atoms with Crippen molar-refractivity contribution >= 4 is 36.4 Å². The Morgan fingerprint density at radius 3 is 2.59 bits per heavy atom. The van der Waals surface area contributed by atoms with Crippen LogP contribution in [-0.4, -0.2) is 68.3 Å². The van der Waals surface area contributed by atoms with E-state index in [2.05, 4.69) is 20.0 Å². The molecule has 0 amide bonds. The van der Waals surface area contributed by atoms with Crippen LogP contribution in [0.5, 0.6) is 0 Å². The number of aromatic nitrogens is 4. The molecule has 0 bridgehead atoms. The quantitative estimate of drug-likeness (QED) is 0.282. The predicted octanol–water partition coefficient (Wildman–Crippen LogP) is 2.79. The summed E-state index contributed by atoms with van der Waals surface area (Å²) in [5.41, 5.74) is 5.49. The van der Waals surface area contributed by atoms with E-state index >= 15 is 0 Å². The molecule has 0 saturated heterocycles. The predicted molar refractivity (Wildman–Crippen MR) is 135 cm³/mol. The van der Waals surface area contributed by atoms with E-state index in [1.807, 2.05) is 0 Å². The van der Waals surface area contributed by atoms with Gasteiger partial charge in [-0.2, -0.15) is 0 Å². The van der Waals surface area contributed by atoms with Crippen LogP contribution in [0.2, 0.25) is 0 Å². The molecule has 2 aromatic heterocycles. The van der Waals surface area contributed by atoms with Gasteiger partial charge in [0, 0.05) is 0 Å². The Morgan fingerprint density at radius 2 is 1.92 bits per heavy atom. The summed E-state index contributed by atoms with van der Waals surface area (Å²) in [6, 6.07) is 0. The van der Waals surface area contributed by atoms with Crippen LogP contribution in [0.4, 0.5) is 5.82 Å². The minimum atomic E-state index is -3.88. The number of nitrogen functional groups attached to an aromatic ring is 1. The number of ether oxygens (including phenoxy) is 3. The molecule has 2 atom stereocenters. The van der Waals surface area contributed by atoms with Gasteiger partial charge in [0.2, 0.25) is 0 Å². The largest absolute Gasteiger partial charge is 0.461 e. The van der Waals surface area contributed by atoms with Gasteiger partial charge in [-0.1, -0.05) is 0 Å². The molecule has 14 heteroatoms. The van der Waals surface area contributed by atoms with Gasteiger partial charge in [0.05, 0.1) is 25.1 Å². The number of carbonyl (C=O) groups excluding carboxylic acids is 2. The third-order valence-corrected chi connectivity index (χ3v) is 7.64. The number of hydrogen-bond donors (Lipinski definition) is 2. The molecular weight excluding hydrogens is 503 g/mol. The number of esters is 2. The van der Waals surface area contributed by atoms with E-state index in [1.165, 1.54) is 6.33 Å². The summed E-state index contributed by atoms with van der Waals surface area (Å²) in [5.74, 6) is -0.971. The van der Waals surface area contributed by atoms with Crippen molar-refractivity contribution in [3.8, 4) is 0 Å². The zero-order chi connectivity index (χ0) is 27.2. The van der Waals surface area contributed by atoms with Gasteiger partial charge in [0.25, 0.3) is 7.52 Å². The summed E-state index contributed by atoms with van der Waals surface area (Å²) in [6.45, 7) is 8.01. The third-order valence-electron chi connectivity index (χ3n) is 5.71. The molecule has 0 aliphatic heterocycles. The van der Waals surface area contributed by atoms with E-state index in [4.69, 9.17) is 24.5 Å². The highest BCUT2D eigenvalue weighted by atomic mass is 31.2. The van der Waals surface area contributed by atoms with Crippen LogP contribution in [0.25, 0.3) is 11.2 Å². The van der Waals surface area contributed by atoms with Gasteiger partial charge in [-0.25, -0.2) is 24.8 Å². The Morgan fingerprint density at radius 1 is 1.22 bits per heavy atom. The highest BCUT2D eigenvalue weighted by Gasteiger charge is 2.40. The number of carbonyl (C=O) groups is 2. The molecule has 0 radical (unpaired) electrons. The second-order valence-electron chi connectivity index (χ2n) is 9.97. The number of nitrogens with two attached hydrogens (primary N) is 1. The van der Waals surface area contributed by atoms with Gasteiger partial charge in [-0.15, -0.1) is 0 Å². The molecule has 13 nitrogen and oxygen atoms in total. The number of imidazole rings is 1. The first kappa shape index (κ1) is 29.0. The average molecular weight is 541 g/mol. The van der Waals surface area contributed by atoms with E-state index in [0.29, 0.717) is 17.7 Å². The van der Waals surface area contributed by atoms with Crippen molar-refractivity contribution in [1.29, 1.82) is 0 Å². The zero-order valence-corrected chi connectivity index (χ0v) is 22.9. The minimum absolute atomic E-state index is 0.158. The van der Waals surface area contributed by atoms with Crippen molar-refractivity contribution < 1.29 is 32.9 Å². The van der Waals surface area contributed by atoms with Gasteiger partial charge in [-0.05, 0) is 60.3 Å². The van der Waals surface area contributed by atoms with Crippen LogP contribution >= 0.6 is 7.52 Å². The Hall–Kier alpha value is -2.60. The SMILES string of the molecule is CC(C)OC(=O)COP(=O)(CO[C@@H](C)Cn1cnc2c(N)ncnc21)NC(C)(C)C(=O)OC1CCCC1. The van der Waals surface area contributed by atoms with E-state index in [-0.39, 0.29) is 18.0 Å². The summed E-state index contributed by atoms with van der Waals surface area (Å²) in [5, 5.41) is 2.77. The lowest BCUT2D eigenvalue weighted by molar-refractivity contribution is -0.154. The second-order valence-corrected chi connectivity index (χ2v) is 12.1. The standard InChI is InChI=1S/C23H37N6O7P/c1-15(2)35-18(30)11-34-37(32,28-23(4,5)22(31)36-17-8-6-7-9-17)14-33-16(3)10-29-13-27-19-20(24)25-12-26-21(19)29/h12-13,15-17H,6-11,14H2,1-5H3,(H,28,32)(H2,24,25,26)/t16-,37?/m0/s1. The van der Waals surface area contributed by atoms with Crippen molar-refractivity contribution in [2.45, 2.75) is 90.7 Å². The highest BCUT2D eigenvalue weighted by molar-refractivity contribution is 7.56. The number of anilines is 1. The van der Waals surface area contributed by atoms with Crippen molar-refractivity contribution in [2.75, 3.05) is 18.7 Å². The van der Waals surface area contributed by atoms with Crippen LogP contribution in [0.15, 0.2) is 12.7 Å². The maximum absolute atomic E-state index is 13.8. The zero-order valence-electron chi connectivity index (χ0n) is 22.0. The summed E-state index contributed by atoms with van der Waals surface area (Å²) in [4.78, 5) is 37.3. The van der Waals surface area contributed by atoms with Crippen molar-refractivity contribution in [3.05, 3.63) is 12.7 Å². The lowest BCUT2D eigenvalue weighted by atomic mass is 10.1. The van der Waals surface area contributed by atoms with Crippen LogP contribution in [0, 0.1) is 0 Å². The molecule has 1 aliphatic carbocycles. The Bertz CT molecular complexity index is 1130. The summed E-state index contributed by atoms with van der Waals surface area (Å²) >= 11 is 0. The molecule has 37 heavy (non-hydrogen) atoms. The van der Waals surface area contributed by atoms with Crippen LogP contribution in [0.1, 0.15) is 60.3 Å². The minimum Gasteiger partial charge on any atom is -0.461 e. The molecule has 1 fully saturated rings. The van der Waals surface area contributed by atoms with E-state index in [0.717, 1.165) is 25.7 Å². The third kappa shape index (κ3) is 8.19. The van der Waals surface area contributed by atoms with Crippen LogP contribution in [0.3, 0.4) is 0 Å². The molecule has 3 N–H and O–H groups in total. The molecule has 2 heterocycles. The lowest BCUT2D eigenvalue weighted by Crippen LogP contribution is -2.48. The first-order valence-electron chi connectivity index (χ1n) is 12.3. The van der Waals surface area contributed by atoms with Crippen molar-refractivity contribution in [2.24, 2.45) is 0 Å². The fraction of sp³-hybridized carbons (Fsp3) is 0.696. The number of rotatable bonds is 13.